The molecule has 52 valence electrons. The van der Waals surface area contributed by atoms with Gasteiger partial charge in [-0.1, -0.05) is 0 Å². The fourth-order valence-corrected chi connectivity index (χ4v) is 0.911. The molecule has 0 radical (unpaired) electrons. The summed E-state index contributed by atoms with van der Waals surface area (Å²) in [5.41, 5.74) is 0. The number of amides is 1. The van der Waals surface area contributed by atoms with Crippen LogP contribution in [0.4, 0.5) is 0 Å². The van der Waals surface area contributed by atoms with Gasteiger partial charge in [0.05, 0.1) is 6.10 Å². The fourth-order valence-electron chi connectivity index (χ4n) is 0.911. The molecule has 3 heteroatoms. The lowest BCUT2D eigenvalue weighted by Crippen LogP contribution is -2.38. The maximum absolute atomic E-state index is 10.6. The van der Waals surface area contributed by atoms with Crippen LogP contribution < -0.4 is 5.32 Å². The molecule has 0 bridgehead atoms. The topological polar surface area (TPSA) is 38.3 Å². The third kappa shape index (κ3) is 1.68. The minimum Gasteiger partial charge on any atom is -0.380 e. The Morgan fingerprint density at radius 1 is 1.78 bits per heavy atom. The highest BCUT2D eigenvalue weighted by Gasteiger charge is 2.16. The highest BCUT2D eigenvalue weighted by atomic mass is 16.5. The van der Waals surface area contributed by atoms with Crippen LogP contribution >= 0.6 is 0 Å². The highest BCUT2D eigenvalue weighted by Crippen LogP contribution is 2.04. The monoisotopic (exact) mass is 129 g/mol. The second kappa shape index (κ2) is 2.82. The lowest BCUT2D eigenvalue weighted by Gasteiger charge is -2.20. The van der Waals surface area contributed by atoms with E-state index < -0.39 is 0 Å². The Bertz CT molecular complexity index is 104. The van der Waals surface area contributed by atoms with Gasteiger partial charge in [-0.3, -0.25) is 4.79 Å². The Morgan fingerprint density at radius 3 is 3.00 bits per heavy atom. The number of ether oxygens (including phenoxy) is 1. The maximum atomic E-state index is 10.6. The van der Waals surface area contributed by atoms with E-state index in [0.29, 0.717) is 13.0 Å². The Morgan fingerprint density at radius 2 is 2.56 bits per heavy atom. The SMILES string of the molecule is CO[C@@H]1CCC(=O)NC1. The molecule has 0 saturated carbocycles. The van der Waals surface area contributed by atoms with Gasteiger partial charge in [-0.2, -0.15) is 0 Å². The summed E-state index contributed by atoms with van der Waals surface area (Å²) in [5, 5.41) is 2.72. The minimum atomic E-state index is 0.142. The number of carbonyl (C=O) groups excluding carboxylic acids is 1. The summed E-state index contributed by atoms with van der Waals surface area (Å²) < 4.78 is 5.02. The van der Waals surface area contributed by atoms with Crippen molar-refractivity contribution in [3.05, 3.63) is 0 Å². The fraction of sp³-hybridized carbons (Fsp3) is 0.833. The first-order chi connectivity index (χ1) is 4.33. The number of hydrogen-bond acceptors (Lipinski definition) is 2. The van der Waals surface area contributed by atoms with Gasteiger partial charge in [0.1, 0.15) is 0 Å². The van der Waals surface area contributed by atoms with E-state index in [4.69, 9.17) is 4.74 Å². The van der Waals surface area contributed by atoms with E-state index in [9.17, 15) is 4.79 Å². The molecule has 0 unspecified atom stereocenters. The van der Waals surface area contributed by atoms with E-state index in [1.165, 1.54) is 0 Å². The zero-order valence-electron chi connectivity index (χ0n) is 5.52. The van der Waals surface area contributed by atoms with Crippen molar-refractivity contribution >= 4 is 5.91 Å². The summed E-state index contributed by atoms with van der Waals surface area (Å²) in [6.07, 6.45) is 1.71. The molecule has 1 N–H and O–H groups in total. The van der Waals surface area contributed by atoms with Crippen molar-refractivity contribution in [3.8, 4) is 0 Å². The molecule has 0 aromatic heterocycles. The van der Waals surface area contributed by atoms with E-state index in [1.54, 1.807) is 7.11 Å². The Kier molecular flexibility index (Phi) is 2.05. The zero-order chi connectivity index (χ0) is 6.69. The van der Waals surface area contributed by atoms with Gasteiger partial charge in [-0.05, 0) is 6.42 Å². The lowest BCUT2D eigenvalue weighted by molar-refractivity contribution is -0.124. The zero-order valence-corrected chi connectivity index (χ0v) is 5.52. The minimum absolute atomic E-state index is 0.142. The molecule has 1 aliphatic rings. The smallest absolute Gasteiger partial charge is 0.220 e. The molecule has 0 aliphatic carbocycles. The van der Waals surface area contributed by atoms with Crippen molar-refractivity contribution < 1.29 is 9.53 Å². The van der Waals surface area contributed by atoms with Crippen LogP contribution in [0.15, 0.2) is 0 Å². The van der Waals surface area contributed by atoms with Gasteiger partial charge in [0.25, 0.3) is 0 Å². The molecule has 0 aromatic carbocycles. The highest BCUT2D eigenvalue weighted by molar-refractivity contribution is 5.76. The first-order valence-corrected chi connectivity index (χ1v) is 3.12. The average Bonchev–Trinajstić information content (AvgIpc) is 1.90. The molecule has 0 aromatic rings. The van der Waals surface area contributed by atoms with Crippen molar-refractivity contribution in [1.82, 2.24) is 5.32 Å². The second-order valence-electron chi connectivity index (χ2n) is 2.20. The molecule has 1 fully saturated rings. The normalized spacial score (nSPS) is 27.7. The van der Waals surface area contributed by atoms with Gasteiger partial charge in [0, 0.05) is 20.1 Å². The van der Waals surface area contributed by atoms with Gasteiger partial charge in [-0.25, -0.2) is 0 Å². The van der Waals surface area contributed by atoms with Crippen LogP contribution in [0.1, 0.15) is 12.8 Å². The summed E-state index contributed by atoms with van der Waals surface area (Å²) in [5.74, 6) is 0.142. The summed E-state index contributed by atoms with van der Waals surface area (Å²) in [6, 6.07) is 0. The molecule has 3 nitrogen and oxygen atoms in total. The van der Waals surface area contributed by atoms with Crippen LogP contribution in [0.5, 0.6) is 0 Å². The van der Waals surface area contributed by atoms with Crippen molar-refractivity contribution in [1.29, 1.82) is 0 Å². The van der Waals surface area contributed by atoms with Crippen LogP contribution in [0.3, 0.4) is 0 Å². The number of hydrogen-bond donors (Lipinski definition) is 1. The average molecular weight is 129 g/mol. The van der Waals surface area contributed by atoms with E-state index >= 15 is 0 Å². The first-order valence-electron chi connectivity index (χ1n) is 3.12. The molecule has 9 heavy (non-hydrogen) atoms. The van der Waals surface area contributed by atoms with Crippen LogP contribution in [0.25, 0.3) is 0 Å². The predicted octanol–water partition coefficient (Wildman–Crippen LogP) is -0.0886. The summed E-state index contributed by atoms with van der Waals surface area (Å²) >= 11 is 0. The number of rotatable bonds is 1. The van der Waals surface area contributed by atoms with E-state index in [-0.39, 0.29) is 12.0 Å². The van der Waals surface area contributed by atoms with Crippen LogP contribution in [-0.2, 0) is 9.53 Å². The molecule has 1 rings (SSSR count). The summed E-state index contributed by atoms with van der Waals surface area (Å²) in [7, 11) is 1.67. The first kappa shape index (κ1) is 6.55. The molecule has 1 aliphatic heterocycles. The number of nitrogens with one attached hydrogen (secondary N) is 1. The van der Waals surface area contributed by atoms with E-state index in [2.05, 4.69) is 5.32 Å². The van der Waals surface area contributed by atoms with E-state index in [0.717, 1.165) is 6.42 Å². The quantitative estimate of drug-likeness (QED) is 0.537. The number of carbonyl (C=O) groups is 1. The second-order valence-corrected chi connectivity index (χ2v) is 2.20. The van der Waals surface area contributed by atoms with Gasteiger partial charge >= 0.3 is 0 Å². The Labute approximate surface area is 54.4 Å². The molecule has 0 spiro atoms. The van der Waals surface area contributed by atoms with Gasteiger partial charge < -0.3 is 10.1 Å². The van der Waals surface area contributed by atoms with Crippen molar-refractivity contribution in [2.75, 3.05) is 13.7 Å². The van der Waals surface area contributed by atoms with Gasteiger partial charge in [-0.15, -0.1) is 0 Å². The molecule has 1 atom stereocenters. The molecule has 1 amide bonds. The van der Waals surface area contributed by atoms with E-state index in [1.807, 2.05) is 0 Å². The van der Waals surface area contributed by atoms with Gasteiger partial charge in [0.2, 0.25) is 5.91 Å². The molecular weight excluding hydrogens is 118 g/mol. The molecule has 1 heterocycles. The number of piperidine rings is 1. The maximum Gasteiger partial charge on any atom is 0.220 e. The third-order valence-corrected chi connectivity index (χ3v) is 1.55. The van der Waals surface area contributed by atoms with Crippen LogP contribution in [0, 0.1) is 0 Å². The van der Waals surface area contributed by atoms with Crippen molar-refractivity contribution in [2.45, 2.75) is 18.9 Å². The summed E-state index contributed by atoms with van der Waals surface area (Å²) in [6.45, 7) is 0.676. The van der Waals surface area contributed by atoms with Crippen molar-refractivity contribution in [3.63, 3.8) is 0 Å². The Balaban J connectivity index is 2.26. The van der Waals surface area contributed by atoms with Crippen molar-refractivity contribution in [2.24, 2.45) is 0 Å². The molecular formula is C6H11NO2. The van der Waals surface area contributed by atoms with Crippen LogP contribution in [0.2, 0.25) is 0 Å². The molecule has 1 saturated heterocycles. The largest absolute Gasteiger partial charge is 0.380 e. The standard InChI is InChI=1S/C6H11NO2/c1-9-5-2-3-6(8)7-4-5/h5H,2-4H2,1H3,(H,7,8)/t5-/m1/s1. The van der Waals surface area contributed by atoms with Gasteiger partial charge in [0.15, 0.2) is 0 Å². The third-order valence-electron chi connectivity index (χ3n) is 1.55. The number of methoxy groups -OCH3 is 1. The Hall–Kier alpha value is -0.570. The summed E-state index contributed by atoms with van der Waals surface area (Å²) in [4.78, 5) is 10.6. The predicted molar refractivity (Wildman–Crippen MR) is 33.0 cm³/mol. The van der Waals surface area contributed by atoms with Crippen LogP contribution in [-0.4, -0.2) is 25.7 Å². The lowest BCUT2D eigenvalue weighted by atomic mass is 10.1.